The summed E-state index contributed by atoms with van der Waals surface area (Å²) in [5.74, 6) is -0.837. The van der Waals surface area contributed by atoms with Gasteiger partial charge in [0.2, 0.25) is 0 Å². The zero-order valence-corrected chi connectivity index (χ0v) is 16.6. The van der Waals surface area contributed by atoms with Crippen LogP contribution < -0.4 is 5.32 Å². The van der Waals surface area contributed by atoms with E-state index in [0.717, 1.165) is 5.56 Å². The van der Waals surface area contributed by atoms with Gasteiger partial charge in [0.25, 0.3) is 0 Å². The number of halogens is 1. The largest absolute Gasteiger partial charge is 0.467 e. The van der Waals surface area contributed by atoms with Gasteiger partial charge in [-0.05, 0) is 37.1 Å². The van der Waals surface area contributed by atoms with E-state index in [4.69, 9.17) is 9.47 Å². The van der Waals surface area contributed by atoms with Gasteiger partial charge in [0, 0.05) is 24.7 Å². The van der Waals surface area contributed by atoms with Crippen molar-refractivity contribution in [2.75, 3.05) is 19.0 Å². The fourth-order valence-electron chi connectivity index (χ4n) is 3.71. The van der Waals surface area contributed by atoms with Crippen molar-refractivity contribution in [2.24, 2.45) is 0 Å². The second-order valence-electron chi connectivity index (χ2n) is 7.25. The molecule has 1 aliphatic heterocycles. The molecule has 29 heavy (non-hydrogen) atoms. The minimum Gasteiger partial charge on any atom is -0.467 e. The van der Waals surface area contributed by atoms with Crippen molar-refractivity contribution in [3.8, 4) is 0 Å². The Morgan fingerprint density at radius 2 is 1.97 bits per heavy atom. The van der Waals surface area contributed by atoms with E-state index in [1.165, 1.54) is 19.2 Å². The maximum Gasteiger partial charge on any atom is 0.410 e. The highest BCUT2D eigenvalue weighted by molar-refractivity contribution is 5.85. The number of ether oxygens (including phenoxy) is 2. The molecule has 0 radical (unpaired) electrons. The van der Waals surface area contributed by atoms with Crippen molar-refractivity contribution in [3.63, 3.8) is 0 Å². The Kier molecular flexibility index (Phi) is 6.36. The van der Waals surface area contributed by atoms with Crippen molar-refractivity contribution in [3.05, 3.63) is 66.0 Å². The lowest BCUT2D eigenvalue weighted by molar-refractivity contribution is -0.148. The SMILES string of the molecule is COC(=O)[C@]1(Nc2cccc(F)c2)CCN(C(=O)OCc2ccccc2)[C@@H](C)C1. The van der Waals surface area contributed by atoms with E-state index in [-0.39, 0.29) is 12.6 Å². The monoisotopic (exact) mass is 400 g/mol. The number of esters is 1. The highest BCUT2D eigenvalue weighted by Crippen LogP contribution is 2.32. The summed E-state index contributed by atoms with van der Waals surface area (Å²) in [4.78, 5) is 26.8. The van der Waals surface area contributed by atoms with E-state index in [9.17, 15) is 14.0 Å². The number of rotatable bonds is 5. The van der Waals surface area contributed by atoms with Crippen LogP contribution in [0.2, 0.25) is 0 Å². The summed E-state index contributed by atoms with van der Waals surface area (Å²) in [7, 11) is 1.32. The number of hydrogen-bond donors (Lipinski definition) is 1. The molecule has 6 nitrogen and oxygen atoms in total. The van der Waals surface area contributed by atoms with Crippen LogP contribution in [0.1, 0.15) is 25.3 Å². The zero-order chi connectivity index (χ0) is 20.9. The molecule has 0 aliphatic carbocycles. The standard InChI is InChI=1S/C22H25FN2O4/c1-16-14-22(20(26)28-2,24-19-10-6-9-18(23)13-19)11-12-25(16)21(27)29-15-17-7-4-3-5-8-17/h3-10,13,16,24H,11-12,14-15H2,1-2H3/t16-,22-/m0/s1. The predicted octanol–water partition coefficient (Wildman–Crippen LogP) is 3.97. The van der Waals surface area contributed by atoms with Gasteiger partial charge in [-0.15, -0.1) is 0 Å². The van der Waals surface area contributed by atoms with Crippen molar-refractivity contribution >= 4 is 17.7 Å². The number of piperidine rings is 1. The van der Waals surface area contributed by atoms with E-state index in [1.54, 1.807) is 17.0 Å². The lowest BCUT2D eigenvalue weighted by Gasteiger charge is -2.44. The summed E-state index contributed by atoms with van der Waals surface area (Å²) >= 11 is 0. The first kappa shape index (κ1) is 20.6. The zero-order valence-electron chi connectivity index (χ0n) is 16.6. The van der Waals surface area contributed by atoms with Crippen LogP contribution in [0.25, 0.3) is 0 Å². The molecule has 1 fully saturated rings. The molecule has 154 valence electrons. The fourth-order valence-corrected chi connectivity index (χ4v) is 3.71. The van der Waals surface area contributed by atoms with Crippen LogP contribution in [0, 0.1) is 5.82 Å². The van der Waals surface area contributed by atoms with Crippen LogP contribution in [-0.2, 0) is 20.9 Å². The van der Waals surface area contributed by atoms with Crippen LogP contribution in [0.4, 0.5) is 14.9 Å². The third-order valence-corrected chi connectivity index (χ3v) is 5.18. The number of likely N-dealkylation sites (tertiary alicyclic amines) is 1. The average Bonchev–Trinajstić information content (AvgIpc) is 2.72. The van der Waals surface area contributed by atoms with Crippen LogP contribution in [0.3, 0.4) is 0 Å². The lowest BCUT2D eigenvalue weighted by Crippen LogP contribution is -2.59. The molecule has 0 unspecified atom stereocenters. The Bertz CT molecular complexity index is 861. The number of anilines is 1. The molecule has 2 atom stereocenters. The Morgan fingerprint density at radius 3 is 2.62 bits per heavy atom. The highest BCUT2D eigenvalue weighted by Gasteiger charge is 2.46. The van der Waals surface area contributed by atoms with Gasteiger partial charge in [0.05, 0.1) is 7.11 Å². The fraction of sp³-hybridized carbons (Fsp3) is 0.364. The third kappa shape index (κ3) is 4.85. The Hall–Kier alpha value is -3.09. The van der Waals surface area contributed by atoms with E-state index in [2.05, 4.69) is 5.32 Å². The molecular weight excluding hydrogens is 375 g/mol. The third-order valence-electron chi connectivity index (χ3n) is 5.18. The molecule has 1 heterocycles. The van der Waals surface area contributed by atoms with Gasteiger partial charge < -0.3 is 19.7 Å². The minimum absolute atomic E-state index is 0.187. The minimum atomic E-state index is -1.04. The van der Waals surface area contributed by atoms with Crippen LogP contribution in [0.5, 0.6) is 0 Å². The van der Waals surface area contributed by atoms with Gasteiger partial charge in [-0.3, -0.25) is 0 Å². The molecule has 3 rings (SSSR count). The number of hydrogen-bond acceptors (Lipinski definition) is 5. The Balaban J connectivity index is 1.68. The molecule has 1 aliphatic rings. The van der Waals surface area contributed by atoms with E-state index in [0.29, 0.717) is 25.1 Å². The Labute approximate surface area is 169 Å². The normalized spacial score (nSPS) is 21.3. The quantitative estimate of drug-likeness (QED) is 0.770. The van der Waals surface area contributed by atoms with Gasteiger partial charge in [0.15, 0.2) is 0 Å². The highest BCUT2D eigenvalue weighted by atomic mass is 19.1. The maximum absolute atomic E-state index is 13.6. The summed E-state index contributed by atoms with van der Waals surface area (Å²) in [6.45, 7) is 2.35. The van der Waals surface area contributed by atoms with E-state index >= 15 is 0 Å². The lowest BCUT2D eigenvalue weighted by atomic mass is 9.83. The summed E-state index contributed by atoms with van der Waals surface area (Å²) in [6, 6.07) is 15.1. The maximum atomic E-state index is 13.6. The van der Waals surface area contributed by atoms with Gasteiger partial charge in [-0.2, -0.15) is 0 Å². The number of nitrogens with zero attached hydrogens (tertiary/aromatic N) is 1. The van der Waals surface area contributed by atoms with Crippen molar-refractivity contribution < 1.29 is 23.5 Å². The molecule has 0 aromatic heterocycles. The van der Waals surface area contributed by atoms with Gasteiger partial charge in [0.1, 0.15) is 18.0 Å². The van der Waals surface area contributed by atoms with Crippen LogP contribution >= 0.6 is 0 Å². The number of carbonyl (C=O) groups excluding carboxylic acids is 2. The van der Waals surface area contributed by atoms with Gasteiger partial charge in [-0.1, -0.05) is 36.4 Å². The molecule has 7 heteroatoms. The van der Waals surface area contributed by atoms with Crippen LogP contribution in [-0.4, -0.2) is 42.2 Å². The predicted molar refractivity (Wildman–Crippen MR) is 107 cm³/mol. The van der Waals surface area contributed by atoms with Gasteiger partial charge >= 0.3 is 12.1 Å². The number of methoxy groups -OCH3 is 1. The first-order valence-corrected chi connectivity index (χ1v) is 9.53. The van der Waals surface area contributed by atoms with Crippen molar-refractivity contribution in [1.29, 1.82) is 0 Å². The van der Waals surface area contributed by atoms with Crippen LogP contribution in [0.15, 0.2) is 54.6 Å². The Morgan fingerprint density at radius 1 is 1.21 bits per heavy atom. The number of nitrogens with one attached hydrogen (secondary N) is 1. The number of amides is 1. The van der Waals surface area contributed by atoms with E-state index < -0.39 is 23.4 Å². The molecule has 1 amide bonds. The number of carbonyl (C=O) groups is 2. The summed E-state index contributed by atoms with van der Waals surface area (Å²) < 4.78 is 24.0. The van der Waals surface area contributed by atoms with E-state index in [1.807, 2.05) is 37.3 Å². The molecule has 0 saturated carbocycles. The molecule has 0 bridgehead atoms. The molecule has 2 aromatic carbocycles. The van der Waals surface area contributed by atoms with Gasteiger partial charge in [-0.25, -0.2) is 14.0 Å². The van der Waals surface area contributed by atoms with Crippen molar-refractivity contribution in [1.82, 2.24) is 4.90 Å². The van der Waals surface area contributed by atoms with Crippen molar-refractivity contribution in [2.45, 2.75) is 38.0 Å². The summed E-state index contributed by atoms with van der Waals surface area (Å²) in [5, 5.41) is 3.14. The molecule has 1 saturated heterocycles. The second-order valence-corrected chi connectivity index (χ2v) is 7.25. The second kappa shape index (κ2) is 8.94. The average molecular weight is 400 g/mol. The number of benzene rings is 2. The first-order valence-electron chi connectivity index (χ1n) is 9.53. The molecule has 0 spiro atoms. The molecule has 1 N–H and O–H groups in total. The molecular formula is C22H25FN2O4. The smallest absolute Gasteiger partial charge is 0.410 e. The first-order chi connectivity index (χ1) is 13.9. The summed E-state index contributed by atoms with van der Waals surface area (Å²) in [5.41, 5.74) is 0.350. The summed E-state index contributed by atoms with van der Waals surface area (Å²) in [6.07, 6.45) is 0.211. The topological polar surface area (TPSA) is 67.9 Å². The molecule has 2 aromatic rings.